The first kappa shape index (κ1) is 15.3. The molecule has 0 saturated carbocycles. The van der Waals surface area contributed by atoms with Crippen molar-refractivity contribution < 1.29 is 13.3 Å². The lowest BCUT2D eigenvalue weighted by molar-refractivity contribution is -0.384. The van der Waals surface area contributed by atoms with Crippen LogP contribution in [-0.2, 0) is 10.0 Å². The molecule has 0 aliphatic rings. The summed E-state index contributed by atoms with van der Waals surface area (Å²) >= 11 is 5.69. The first-order chi connectivity index (χ1) is 10.9. The van der Waals surface area contributed by atoms with Crippen LogP contribution in [0.4, 0.5) is 11.4 Å². The first-order valence-electron chi connectivity index (χ1n) is 6.27. The quantitative estimate of drug-likeness (QED) is 0.552. The lowest BCUT2D eigenvalue weighted by Gasteiger charge is -2.08. The number of nitro benzene ring substituents is 1. The Kier molecular flexibility index (Phi) is 3.66. The maximum Gasteiger partial charge on any atom is 0.289 e. The fraction of sp³-hybridized carbons (Fsp3) is 0. The average Bonchev–Trinajstić information content (AvgIpc) is 2.94. The Hall–Kier alpha value is -2.65. The molecule has 0 spiro atoms. The van der Waals surface area contributed by atoms with Crippen LogP contribution in [-0.4, -0.2) is 23.5 Å². The topological polar surface area (TPSA) is 118 Å². The molecule has 10 heteroatoms. The molecule has 0 fully saturated rings. The molecule has 3 aromatic rings. The molecule has 8 nitrogen and oxygen atoms in total. The fourth-order valence-corrected chi connectivity index (χ4v) is 3.28. The van der Waals surface area contributed by atoms with Crippen molar-refractivity contribution in [1.82, 2.24) is 10.2 Å². The zero-order valence-electron chi connectivity index (χ0n) is 11.4. The molecular formula is C13H9ClN4O4S. The van der Waals surface area contributed by atoms with E-state index in [2.05, 4.69) is 14.9 Å². The van der Waals surface area contributed by atoms with Gasteiger partial charge in [-0.05, 0) is 30.3 Å². The van der Waals surface area contributed by atoms with Crippen molar-refractivity contribution in [3.63, 3.8) is 0 Å². The second-order valence-electron chi connectivity index (χ2n) is 4.65. The zero-order chi connectivity index (χ0) is 16.6. The van der Waals surface area contributed by atoms with E-state index in [1.54, 1.807) is 24.4 Å². The SMILES string of the molecule is O=[N+]([O-])c1cc(S(=O)(=O)Nc2ccc3[nH]ncc3c2)ccc1Cl. The summed E-state index contributed by atoms with van der Waals surface area (Å²) in [5, 5.41) is 18.1. The van der Waals surface area contributed by atoms with Gasteiger partial charge in [0.2, 0.25) is 0 Å². The van der Waals surface area contributed by atoms with Gasteiger partial charge < -0.3 is 0 Å². The maximum absolute atomic E-state index is 12.4. The Morgan fingerprint density at radius 3 is 2.74 bits per heavy atom. The van der Waals surface area contributed by atoms with E-state index in [0.717, 1.165) is 17.0 Å². The summed E-state index contributed by atoms with van der Waals surface area (Å²) < 4.78 is 27.1. The van der Waals surface area contributed by atoms with Crippen LogP contribution in [0.25, 0.3) is 10.9 Å². The fourth-order valence-electron chi connectivity index (χ4n) is 2.02. The van der Waals surface area contributed by atoms with Gasteiger partial charge in [0.15, 0.2) is 0 Å². The van der Waals surface area contributed by atoms with Crippen molar-refractivity contribution in [1.29, 1.82) is 0 Å². The molecule has 1 aromatic heterocycles. The van der Waals surface area contributed by atoms with Gasteiger partial charge in [0.1, 0.15) is 5.02 Å². The van der Waals surface area contributed by atoms with Crippen LogP contribution in [0.15, 0.2) is 47.5 Å². The zero-order valence-corrected chi connectivity index (χ0v) is 12.9. The highest BCUT2D eigenvalue weighted by Gasteiger charge is 2.20. The van der Waals surface area contributed by atoms with Gasteiger partial charge in [-0.15, -0.1) is 0 Å². The van der Waals surface area contributed by atoms with Crippen molar-refractivity contribution in [2.24, 2.45) is 0 Å². The number of rotatable bonds is 4. The second-order valence-corrected chi connectivity index (χ2v) is 6.74. The highest BCUT2D eigenvalue weighted by Crippen LogP contribution is 2.28. The summed E-state index contributed by atoms with van der Waals surface area (Å²) in [4.78, 5) is 9.89. The van der Waals surface area contributed by atoms with Gasteiger partial charge in [-0.25, -0.2) is 8.42 Å². The van der Waals surface area contributed by atoms with E-state index in [1.807, 2.05) is 0 Å². The second kappa shape index (κ2) is 5.52. The molecular weight excluding hydrogens is 344 g/mol. The summed E-state index contributed by atoms with van der Waals surface area (Å²) in [5.74, 6) is 0. The Balaban J connectivity index is 1.98. The van der Waals surface area contributed by atoms with Gasteiger partial charge in [0.25, 0.3) is 15.7 Å². The molecule has 2 aromatic carbocycles. The van der Waals surface area contributed by atoms with Crippen molar-refractivity contribution in [3.8, 4) is 0 Å². The van der Waals surface area contributed by atoms with Crippen LogP contribution in [0.2, 0.25) is 5.02 Å². The predicted molar refractivity (Wildman–Crippen MR) is 85.0 cm³/mol. The van der Waals surface area contributed by atoms with Gasteiger partial charge in [0, 0.05) is 17.1 Å². The van der Waals surface area contributed by atoms with Gasteiger partial charge in [-0.2, -0.15) is 5.10 Å². The Morgan fingerprint density at radius 1 is 1.22 bits per heavy atom. The Labute approximate surface area is 135 Å². The standard InChI is InChI=1S/C13H9ClN4O4S/c14-11-3-2-10(6-13(11)18(19)20)23(21,22)17-9-1-4-12-8(5-9)7-15-16-12/h1-7,17H,(H,15,16). The lowest BCUT2D eigenvalue weighted by atomic mass is 10.2. The number of benzene rings is 2. The molecule has 0 amide bonds. The summed E-state index contributed by atoms with van der Waals surface area (Å²) in [6.07, 6.45) is 1.56. The molecule has 0 radical (unpaired) electrons. The van der Waals surface area contributed by atoms with E-state index < -0.39 is 20.6 Å². The van der Waals surface area contributed by atoms with E-state index >= 15 is 0 Å². The third-order valence-electron chi connectivity index (χ3n) is 3.12. The number of anilines is 1. The number of fused-ring (bicyclic) bond motifs is 1. The lowest BCUT2D eigenvalue weighted by Crippen LogP contribution is -2.13. The van der Waals surface area contributed by atoms with Crippen LogP contribution in [0, 0.1) is 10.1 Å². The monoisotopic (exact) mass is 352 g/mol. The van der Waals surface area contributed by atoms with Crippen molar-refractivity contribution in [2.45, 2.75) is 4.90 Å². The predicted octanol–water partition coefficient (Wildman–Crippen LogP) is 2.93. The average molecular weight is 353 g/mol. The van der Waals surface area contributed by atoms with Crippen LogP contribution >= 0.6 is 11.6 Å². The van der Waals surface area contributed by atoms with Gasteiger partial charge in [-0.1, -0.05) is 11.6 Å². The van der Waals surface area contributed by atoms with E-state index in [1.165, 1.54) is 12.1 Å². The number of aromatic amines is 1. The number of nitrogens with one attached hydrogen (secondary N) is 2. The largest absolute Gasteiger partial charge is 0.289 e. The summed E-state index contributed by atoms with van der Waals surface area (Å²) in [7, 11) is -3.98. The highest BCUT2D eigenvalue weighted by atomic mass is 35.5. The molecule has 23 heavy (non-hydrogen) atoms. The van der Waals surface area contributed by atoms with Gasteiger partial charge >= 0.3 is 0 Å². The number of nitro groups is 1. The van der Waals surface area contributed by atoms with E-state index in [9.17, 15) is 18.5 Å². The van der Waals surface area contributed by atoms with Crippen molar-refractivity contribution in [2.75, 3.05) is 4.72 Å². The molecule has 0 aliphatic carbocycles. The summed E-state index contributed by atoms with van der Waals surface area (Å²) in [5.41, 5.74) is 0.603. The Bertz CT molecular complexity index is 1020. The number of halogens is 1. The minimum absolute atomic E-state index is 0.131. The summed E-state index contributed by atoms with van der Waals surface area (Å²) in [6.45, 7) is 0. The smallest absolute Gasteiger partial charge is 0.280 e. The number of nitrogens with zero attached hydrogens (tertiary/aromatic N) is 2. The van der Waals surface area contributed by atoms with E-state index in [4.69, 9.17) is 11.6 Å². The number of hydrogen-bond donors (Lipinski definition) is 2. The minimum Gasteiger partial charge on any atom is -0.280 e. The number of sulfonamides is 1. The van der Waals surface area contributed by atoms with Crippen LogP contribution in [0.3, 0.4) is 0 Å². The van der Waals surface area contributed by atoms with Crippen molar-refractivity contribution >= 4 is 43.9 Å². The molecule has 2 N–H and O–H groups in total. The molecule has 1 heterocycles. The molecule has 0 aliphatic heterocycles. The molecule has 0 atom stereocenters. The van der Waals surface area contributed by atoms with Gasteiger partial charge in [-0.3, -0.25) is 19.9 Å². The molecule has 0 bridgehead atoms. The van der Waals surface area contributed by atoms with Crippen LogP contribution in [0.5, 0.6) is 0 Å². The van der Waals surface area contributed by atoms with E-state index in [0.29, 0.717) is 5.69 Å². The first-order valence-corrected chi connectivity index (χ1v) is 8.13. The molecule has 0 unspecified atom stereocenters. The maximum atomic E-state index is 12.4. The highest BCUT2D eigenvalue weighted by molar-refractivity contribution is 7.92. The van der Waals surface area contributed by atoms with Crippen molar-refractivity contribution in [3.05, 3.63) is 57.7 Å². The normalized spacial score (nSPS) is 11.5. The third kappa shape index (κ3) is 2.96. The number of H-pyrrole nitrogens is 1. The van der Waals surface area contributed by atoms with E-state index in [-0.39, 0.29) is 9.92 Å². The van der Waals surface area contributed by atoms with Crippen LogP contribution in [0.1, 0.15) is 0 Å². The molecule has 3 rings (SSSR count). The minimum atomic E-state index is -3.98. The number of aromatic nitrogens is 2. The summed E-state index contributed by atoms with van der Waals surface area (Å²) in [6, 6.07) is 8.12. The number of hydrogen-bond acceptors (Lipinski definition) is 5. The van der Waals surface area contributed by atoms with Crippen LogP contribution < -0.4 is 4.72 Å². The van der Waals surface area contributed by atoms with Gasteiger partial charge in [0.05, 0.1) is 21.5 Å². The Morgan fingerprint density at radius 2 is 2.00 bits per heavy atom. The third-order valence-corrected chi connectivity index (χ3v) is 4.82. The molecule has 118 valence electrons. The molecule has 0 saturated heterocycles.